The van der Waals surface area contributed by atoms with Gasteiger partial charge in [-0.25, -0.2) is 4.79 Å². The van der Waals surface area contributed by atoms with Gasteiger partial charge in [-0.1, -0.05) is 0 Å². The molecule has 0 saturated heterocycles. The van der Waals surface area contributed by atoms with Gasteiger partial charge in [-0.15, -0.1) is 0 Å². The van der Waals surface area contributed by atoms with Crippen LogP contribution in [0.4, 0.5) is 5.69 Å². The summed E-state index contributed by atoms with van der Waals surface area (Å²) in [7, 11) is 0. The Kier molecular flexibility index (Phi) is 5.14. The van der Waals surface area contributed by atoms with Crippen molar-refractivity contribution in [3.8, 4) is 6.07 Å². The summed E-state index contributed by atoms with van der Waals surface area (Å²) in [5.74, 6) is -1.36. The van der Waals surface area contributed by atoms with E-state index in [2.05, 4.69) is 11.4 Å². The molecule has 0 heterocycles. The monoisotopic (exact) mass is 331 g/mol. The number of nitro benzene ring substituents is 1. The van der Waals surface area contributed by atoms with Crippen LogP contribution in [0.2, 0.25) is 0 Å². The van der Waals surface area contributed by atoms with Gasteiger partial charge in [0.25, 0.3) is 11.6 Å². The lowest BCUT2D eigenvalue weighted by molar-refractivity contribution is -0.384. The number of hydrogen-bond donors (Lipinski definition) is 1. The van der Waals surface area contributed by atoms with Crippen LogP contribution in [-0.4, -0.2) is 28.9 Å². The van der Waals surface area contributed by atoms with Crippen LogP contribution in [0.15, 0.2) is 18.2 Å². The highest BCUT2D eigenvalue weighted by Gasteiger charge is 2.36. The number of nitro groups is 1. The Morgan fingerprint density at radius 3 is 2.50 bits per heavy atom. The number of carbonyl (C=O) groups excluding carboxylic acids is 2. The molecule has 1 aliphatic rings. The highest BCUT2D eigenvalue weighted by atomic mass is 16.6. The molecule has 8 heteroatoms. The van der Waals surface area contributed by atoms with Crippen LogP contribution in [0.1, 0.15) is 53.3 Å². The molecule has 126 valence electrons. The first-order valence-corrected chi connectivity index (χ1v) is 7.61. The fraction of sp³-hybridized carbons (Fsp3) is 0.438. The minimum absolute atomic E-state index is 0.0474. The van der Waals surface area contributed by atoms with E-state index in [1.807, 2.05) is 0 Å². The van der Waals surface area contributed by atoms with E-state index in [0.717, 1.165) is 25.0 Å². The lowest BCUT2D eigenvalue weighted by Crippen LogP contribution is -2.45. The van der Waals surface area contributed by atoms with Crippen molar-refractivity contribution in [3.05, 3.63) is 39.4 Å². The van der Waals surface area contributed by atoms with Gasteiger partial charge in [0, 0.05) is 17.7 Å². The smallest absolute Gasteiger partial charge is 0.338 e. The van der Waals surface area contributed by atoms with Crippen molar-refractivity contribution in [2.24, 2.45) is 0 Å². The Bertz CT molecular complexity index is 717. The fourth-order valence-corrected chi connectivity index (χ4v) is 2.71. The number of amides is 1. The second-order valence-electron chi connectivity index (χ2n) is 5.60. The summed E-state index contributed by atoms with van der Waals surface area (Å²) in [6, 6.07) is 5.49. The van der Waals surface area contributed by atoms with E-state index < -0.39 is 22.3 Å². The van der Waals surface area contributed by atoms with Crippen LogP contribution in [0.3, 0.4) is 0 Å². The highest BCUT2D eigenvalue weighted by molar-refractivity contribution is 5.99. The summed E-state index contributed by atoms with van der Waals surface area (Å²) in [5, 5.41) is 23.0. The first kappa shape index (κ1) is 17.4. The number of benzene rings is 1. The van der Waals surface area contributed by atoms with Gasteiger partial charge in [-0.3, -0.25) is 14.9 Å². The van der Waals surface area contributed by atoms with Crippen LogP contribution in [0, 0.1) is 21.4 Å². The van der Waals surface area contributed by atoms with E-state index in [9.17, 15) is 25.0 Å². The quantitative estimate of drug-likeness (QED) is 0.502. The predicted octanol–water partition coefficient (Wildman–Crippen LogP) is 2.34. The van der Waals surface area contributed by atoms with E-state index in [4.69, 9.17) is 4.74 Å². The Morgan fingerprint density at radius 2 is 1.96 bits per heavy atom. The number of rotatable bonds is 5. The number of ether oxygens (including phenoxy) is 1. The van der Waals surface area contributed by atoms with Crippen LogP contribution in [0.5, 0.6) is 0 Å². The maximum Gasteiger partial charge on any atom is 0.338 e. The second-order valence-corrected chi connectivity index (χ2v) is 5.60. The molecule has 2 rings (SSSR count). The minimum atomic E-state index is -0.953. The molecule has 1 amide bonds. The molecule has 1 N–H and O–H groups in total. The van der Waals surface area contributed by atoms with E-state index in [1.165, 1.54) is 6.07 Å². The topological polar surface area (TPSA) is 122 Å². The Labute approximate surface area is 138 Å². The number of carbonyl (C=O) groups is 2. The molecular formula is C16H17N3O5. The van der Waals surface area contributed by atoms with Crippen molar-refractivity contribution in [1.29, 1.82) is 5.26 Å². The maximum atomic E-state index is 12.4. The van der Waals surface area contributed by atoms with Gasteiger partial charge in [-0.2, -0.15) is 5.26 Å². The molecule has 1 fully saturated rings. The van der Waals surface area contributed by atoms with Gasteiger partial charge in [0.2, 0.25) is 0 Å². The standard InChI is InChI=1S/C16H17N3O5/c1-2-24-15(21)12-7-11(8-13(9-12)19(22)23)14(20)18-16(10-17)5-3-4-6-16/h7-9H,2-6H2,1H3,(H,18,20). The molecular weight excluding hydrogens is 314 g/mol. The van der Waals surface area contributed by atoms with E-state index in [0.29, 0.717) is 12.8 Å². The molecule has 0 unspecified atom stereocenters. The van der Waals surface area contributed by atoms with Crippen LogP contribution < -0.4 is 5.32 Å². The van der Waals surface area contributed by atoms with Gasteiger partial charge < -0.3 is 10.1 Å². The molecule has 0 aromatic heterocycles. The third-order valence-corrected chi connectivity index (χ3v) is 3.93. The maximum absolute atomic E-state index is 12.4. The van der Waals surface area contributed by atoms with Crippen molar-refractivity contribution in [2.75, 3.05) is 6.61 Å². The Hall–Kier alpha value is -2.95. The SMILES string of the molecule is CCOC(=O)c1cc(C(=O)NC2(C#N)CCCC2)cc([N+](=O)[O-])c1. The zero-order valence-electron chi connectivity index (χ0n) is 13.2. The third-order valence-electron chi connectivity index (χ3n) is 3.93. The van der Waals surface area contributed by atoms with Crippen molar-refractivity contribution >= 4 is 17.6 Å². The molecule has 0 spiro atoms. The first-order valence-electron chi connectivity index (χ1n) is 7.61. The average molecular weight is 331 g/mol. The van der Waals surface area contributed by atoms with Crippen LogP contribution >= 0.6 is 0 Å². The van der Waals surface area contributed by atoms with Crippen LogP contribution in [-0.2, 0) is 4.74 Å². The number of nitrogens with zero attached hydrogens (tertiary/aromatic N) is 2. The fourth-order valence-electron chi connectivity index (χ4n) is 2.71. The minimum Gasteiger partial charge on any atom is -0.462 e. The van der Waals surface area contributed by atoms with Gasteiger partial charge in [0.05, 0.1) is 23.2 Å². The number of non-ortho nitro benzene ring substituents is 1. The largest absolute Gasteiger partial charge is 0.462 e. The molecule has 1 aromatic carbocycles. The summed E-state index contributed by atoms with van der Waals surface area (Å²) in [4.78, 5) is 34.6. The highest BCUT2D eigenvalue weighted by Crippen LogP contribution is 2.29. The van der Waals surface area contributed by atoms with E-state index >= 15 is 0 Å². The molecule has 1 aliphatic carbocycles. The van der Waals surface area contributed by atoms with Gasteiger partial charge in [0.15, 0.2) is 0 Å². The van der Waals surface area contributed by atoms with E-state index in [-0.39, 0.29) is 23.4 Å². The molecule has 0 radical (unpaired) electrons. The third kappa shape index (κ3) is 3.68. The second kappa shape index (κ2) is 7.08. The summed E-state index contributed by atoms with van der Waals surface area (Å²) in [5.41, 5.74) is -1.46. The average Bonchev–Trinajstić information content (AvgIpc) is 3.03. The van der Waals surface area contributed by atoms with E-state index in [1.54, 1.807) is 6.92 Å². The molecule has 8 nitrogen and oxygen atoms in total. The first-order chi connectivity index (χ1) is 11.4. The summed E-state index contributed by atoms with van der Waals surface area (Å²) < 4.78 is 4.83. The Balaban J connectivity index is 2.34. The normalized spacial score (nSPS) is 15.3. The molecule has 1 aromatic rings. The number of nitriles is 1. The zero-order chi connectivity index (χ0) is 17.7. The molecule has 0 atom stereocenters. The van der Waals surface area contributed by atoms with Gasteiger partial charge >= 0.3 is 5.97 Å². The van der Waals surface area contributed by atoms with Crippen LogP contribution in [0.25, 0.3) is 0 Å². The number of esters is 1. The predicted molar refractivity (Wildman–Crippen MR) is 83.3 cm³/mol. The van der Waals surface area contributed by atoms with Crippen molar-refractivity contribution in [1.82, 2.24) is 5.32 Å². The number of hydrogen-bond acceptors (Lipinski definition) is 6. The van der Waals surface area contributed by atoms with Crippen molar-refractivity contribution < 1.29 is 19.2 Å². The number of nitrogens with one attached hydrogen (secondary N) is 1. The summed E-state index contributed by atoms with van der Waals surface area (Å²) in [6.45, 7) is 1.72. The van der Waals surface area contributed by atoms with Crippen molar-refractivity contribution in [2.45, 2.75) is 38.1 Å². The van der Waals surface area contributed by atoms with Crippen molar-refractivity contribution in [3.63, 3.8) is 0 Å². The summed E-state index contributed by atoms with van der Waals surface area (Å²) in [6.07, 6.45) is 2.73. The lowest BCUT2D eigenvalue weighted by Gasteiger charge is -2.22. The summed E-state index contributed by atoms with van der Waals surface area (Å²) >= 11 is 0. The molecule has 24 heavy (non-hydrogen) atoms. The molecule has 1 saturated carbocycles. The molecule has 0 bridgehead atoms. The molecule has 0 aliphatic heterocycles. The van der Waals surface area contributed by atoms with Gasteiger partial charge in [-0.05, 0) is 38.7 Å². The van der Waals surface area contributed by atoms with Gasteiger partial charge in [0.1, 0.15) is 5.54 Å². The lowest BCUT2D eigenvalue weighted by atomic mass is 9.98. The zero-order valence-corrected chi connectivity index (χ0v) is 13.2. The Morgan fingerprint density at radius 1 is 1.33 bits per heavy atom.